The molecule has 0 N–H and O–H groups in total. The Morgan fingerprint density at radius 3 is 2.59 bits per heavy atom. The zero-order valence-electron chi connectivity index (χ0n) is 15.8. The second-order valence-corrected chi connectivity index (χ2v) is 9.13. The normalized spacial score (nSPS) is 12.1. The summed E-state index contributed by atoms with van der Waals surface area (Å²) in [5.41, 5.74) is 1.67. The van der Waals surface area contributed by atoms with Gasteiger partial charge in [-0.1, -0.05) is 17.8 Å². The van der Waals surface area contributed by atoms with Crippen LogP contribution in [0.3, 0.4) is 0 Å². The van der Waals surface area contributed by atoms with Crippen molar-refractivity contribution in [2.24, 2.45) is 0 Å². The molecule has 0 amide bonds. The largest absolute Gasteiger partial charge is 0.493 e. The zero-order valence-corrected chi connectivity index (χ0v) is 17.4. The number of oxazole rings is 1. The third-order valence-corrected chi connectivity index (χ3v) is 6.63. The summed E-state index contributed by atoms with van der Waals surface area (Å²) in [6, 6.07) is 9.11. The zero-order chi connectivity index (χ0) is 21.2. The molecule has 0 aliphatic carbocycles. The van der Waals surface area contributed by atoms with Gasteiger partial charge in [0, 0.05) is 19.8 Å². The van der Waals surface area contributed by atoms with Crippen LogP contribution in [0.15, 0.2) is 50.9 Å². The Morgan fingerprint density at radius 1 is 1.17 bits per heavy atom. The lowest BCUT2D eigenvalue weighted by Gasteiger charge is -2.10. The van der Waals surface area contributed by atoms with Gasteiger partial charge in [-0.25, -0.2) is 17.7 Å². The molecule has 0 spiro atoms. The Hall–Kier alpha value is -2.37. The van der Waals surface area contributed by atoms with Gasteiger partial charge in [-0.05, 0) is 35.9 Å². The number of nitrogens with zero attached hydrogens (tertiary/aromatic N) is 2. The van der Waals surface area contributed by atoms with Crippen molar-refractivity contribution >= 4 is 32.9 Å². The molecular formula is C18H18F2N2O5S2. The van der Waals surface area contributed by atoms with E-state index in [0.29, 0.717) is 22.1 Å². The van der Waals surface area contributed by atoms with E-state index in [-0.39, 0.29) is 16.4 Å². The Kier molecular flexibility index (Phi) is 6.30. The SMILES string of the molecule is COc1cc(CSc2nc3cc(S(=O)(=O)N(C)C)ccc3o2)ccc1OC(F)F. The highest BCUT2D eigenvalue weighted by atomic mass is 32.2. The van der Waals surface area contributed by atoms with E-state index in [1.807, 2.05) is 0 Å². The molecule has 0 unspecified atom stereocenters. The molecule has 0 saturated carbocycles. The molecule has 2 aromatic carbocycles. The van der Waals surface area contributed by atoms with Crippen molar-refractivity contribution < 1.29 is 31.1 Å². The Labute approximate surface area is 170 Å². The first kappa shape index (κ1) is 21.3. The van der Waals surface area contributed by atoms with E-state index in [2.05, 4.69) is 9.72 Å². The van der Waals surface area contributed by atoms with Crippen LogP contribution in [0.5, 0.6) is 11.5 Å². The maximum absolute atomic E-state index is 12.4. The lowest BCUT2D eigenvalue weighted by molar-refractivity contribution is -0.0512. The third-order valence-electron chi connectivity index (χ3n) is 3.92. The fraction of sp³-hybridized carbons (Fsp3) is 0.278. The second kappa shape index (κ2) is 8.56. The van der Waals surface area contributed by atoms with Gasteiger partial charge in [0.2, 0.25) is 10.0 Å². The molecule has 0 fully saturated rings. The highest BCUT2D eigenvalue weighted by Crippen LogP contribution is 2.33. The molecule has 156 valence electrons. The summed E-state index contributed by atoms with van der Waals surface area (Å²) >= 11 is 1.28. The first-order valence-corrected chi connectivity index (χ1v) is 10.7. The fourth-order valence-electron chi connectivity index (χ4n) is 2.46. The van der Waals surface area contributed by atoms with Gasteiger partial charge in [0.25, 0.3) is 5.22 Å². The first-order chi connectivity index (χ1) is 13.7. The van der Waals surface area contributed by atoms with Gasteiger partial charge in [-0.3, -0.25) is 0 Å². The van der Waals surface area contributed by atoms with Gasteiger partial charge in [-0.15, -0.1) is 0 Å². The smallest absolute Gasteiger partial charge is 0.387 e. The molecule has 29 heavy (non-hydrogen) atoms. The molecule has 0 atom stereocenters. The van der Waals surface area contributed by atoms with Gasteiger partial charge >= 0.3 is 6.61 Å². The van der Waals surface area contributed by atoms with Crippen molar-refractivity contribution in [2.45, 2.75) is 22.5 Å². The second-order valence-electron chi connectivity index (χ2n) is 6.05. The number of rotatable bonds is 8. The summed E-state index contributed by atoms with van der Waals surface area (Å²) in [7, 11) is 0.704. The lowest BCUT2D eigenvalue weighted by atomic mass is 10.2. The first-order valence-electron chi connectivity index (χ1n) is 8.28. The molecule has 0 saturated heterocycles. The minimum absolute atomic E-state index is 0.0484. The summed E-state index contributed by atoms with van der Waals surface area (Å²) in [4.78, 5) is 4.44. The Balaban J connectivity index is 1.77. The lowest BCUT2D eigenvalue weighted by Crippen LogP contribution is -2.22. The summed E-state index contributed by atoms with van der Waals surface area (Å²) in [5.74, 6) is 0.577. The van der Waals surface area contributed by atoms with Crippen LogP contribution in [-0.4, -0.2) is 45.5 Å². The van der Waals surface area contributed by atoms with Crippen molar-refractivity contribution in [3.63, 3.8) is 0 Å². The van der Waals surface area contributed by atoms with Crippen LogP contribution in [0.4, 0.5) is 8.78 Å². The molecule has 0 aliphatic rings. The van der Waals surface area contributed by atoms with Crippen LogP contribution in [0, 0.1) is 0 Å². The molecule has 3 aromatic rings. The van der Waals surface area contributed by atoms with Crippen LogP contribution in [-0.2, 0) is 15.8 Å². The van der Waals surface area contributed by atoms with E-state index >= 15 is 0 Å². The maximum Gasteiger partial charge on any atom is 0.387 e. The summed E-state index contributed by atoms with van der Waals surface area (Å²) in [6.07, 6.45) is 0. The number of thioether (sulfide) groups is 1. The van der Waals surface area contributed by atoms with Crippen LogP contribution >= 0.6 is 11.8 Å². The topological polar surface area (TPSA) is 81.9 Å². The quantitative estimate of drug-likeness (QED) is 0.486. The van der Waals surface area contributed by atoms with Crippen LogP contribution in [0.1, 0.15) is 5.56 Å². The van der Waals surface area contributed by atoms with Crippen molar-refractivity contribution in [3.8, 4) is 11.5 Å². The van der Waals surface area contributed by atoms with Gasteiger partial charge < -0.3 is 13.9 Å². The van der Waals surface area contributed by atoms with E-state index in [1.165, 1.54) is 51.2 Å². The number of aromatic nitrogens is 1. The monoisotopic (exact) mass is 444 g/mol. The highest BCUT2D eigenvalue weighted by Gasteiger charge is 2.19. The van der Waals surface area contributed by atoms with E-state index < -0.39 is 16.6 Å². The molecule has 0 radical (unpaired) electrons. The van der Waals surface area contributed by atoms with Gasteiger partial charge in [-0.2, -0.15) is 8.78 Å². The number of fused-ring (bicyclic) bond motifs is 1. The van der Waals surface area contributed by atoms with Crippen molar-refractivity contribution in [3.05, 3.63) is 42.0 Å². The molecule has 0 aliphatic heterocycles. The number of hydrogen-bond acceptors (Lipinski definition) is 7. The predicted molar refractivity (Wildman–Crippen MR) is 104 cm³/mol. The average Bonchev–Trinajstić information content (AvgIpc) is 3.08. The van der Waals surface area contributed by atoms with E-state index in [9.17, 15) is 17.2 Å². The van der Waals surface area contributed by atoms with Gasteiger partial charge in [0.1, 0.15) is 5.52 Å². The maximum atomic E-state index is 12.4. The Morgan fingerprint density at radius 2 is 1.93 bits per heavy atom. The summed E-state index contributed by atoms with van der Waals surface area (Å²) in [5, 5.41) is 0.353. The predicted octanol–water partition coefficient (Wildman–Crippen LogP) is 3.98. The number of halogens is 2. The number of sulfonamides is 1. The van der Waals surface area contributed by atoms with Crippen LogP contribution < -0.4 is 9.47 Å². The minimum atomic E-state index is -3.57. The number of hydrogen-bond donors (Lipinski definition) is 0. The summed E-state index contributed by atoms with van der Waals surface area (Å²) < 4.78 is 65.6. The number of benzene rings is 2. The minimum Gasteiger partial charge on any atom is -0.493 e. The molecule has 1 aromatic heterocycles. The van der Waals surface area contributed by atoms with E-state index in [0.717, 1.165) is 9.87 Å². The standard InChI is InChI=1S/C18H18F2N2O5S2/c1-22(2)29(23,24)12-5-7-14-13(9-12)21-18(27-14)28-10-11-4-6-15(26-17(19)20)16(8-11)25-3/h4-9,17H,10H2,1-3H3. The highest BCUT2D eigenvalue weighted by molar-refractivity contribution is 7.98. The van der Waals surface area contributed by atoms with E-state index in [1.54, 1.807) is 18.2 Å². The van der Waals surface area contributed by atoms with Crippen molar-refractivity contribution in [2.75, 3.05) is 21.2 Å². The average molecular weight is 444 g/mol. The third kappa shape index (κ3) is 4.80. The number of alkyl halides is 2. The van der Waals surface area contributed by atoms with Crippen LogP contribution in [0.25, 0.3) is 11.1 Å². The molecular weight excluding hydrogens is 426 g/mol. The van der Waals surface area contributed by atoms with Crippen molar-refractivity contribution in [1.29, 1.82) is 0 Å². The van der Waals surface area contributed by atoms with Crippen LogP contribution in [0.2, 0.25) is 0 Å². The fourth-order valence-corrected chi connectivity index (χ4v) is 4.16. The van der Waals surface area contributed by atoms with Gasteiger partial charge in [0.05, 0.1) is 12.0 Å². The molecule has 11 heteroatoms. The van der Waals surface area contributed by atoms with E-state index in [4.69, 9.17) is 9.15 Å². The molecule has 7 nitrogen and oxygen atoms in total. The molecule has 0 bridgehead atoms. The molecule has 1 heterocycles. The molecule has 3 rings (SSSR count). The van der Waals surface area contributed by atoms with Gasteiger partial charge in [0.15, 0.2) is 17.1 Å². The Bertz CT molecular complexity index is 1120. The summed E-state index contributed by atoms with van der Waals surface area (Å²) in [6.45, 7) is -2.94. The number of ether oxygens (including phenoxy) is 2. The van der Waals surface area contributed by atoms with Crippen molar-refractivity contribution in [1.82, 2.24) is 9.29 Å². The number of methoxy groups -OCH3 is 1.